The summed E-state index contributed by atoms with van der Waals surface area (Å²) in [6.45, 7) is 10.4. The summed E-state index contributed by atoms with van der Waals surface area (Å²) >= 11 is 0. The Morgan fingerprint density at radius 1 is 0.667 bits per heavy atom. The molecule has 218 valence electrons. The zero-order valence-corrected chi connectivity index (χ0v) is 25.6. The second-order valence-corrected chi connectivity index (χ2v) is 11.6. The Morgan fingerprint density at radius 3 is 1.82 bits per heavy atom. The van der Waals surface area contributed by atoms with Crippen molar-refractivity contribution in [3.8, 4) is 16.8 Å². The molecule has 2 heteroatoms. The zero-order chi connectivity index (χ0) is 30.8. The maximum atomic E-state index is 4.13. The Kier molecular flexibility index (Phi) is 7.63. The van der Waals surface area contributed by atoms with Crippen LogP contribution in [0.4, 0.5) is 5.69 Å². The number of benzene rings is 5. The number of aromatic nitrogens is 1. The van der Waals surface area contributed by atoms with E-state index in [0.717, 1.165) is 23.5 Å². The Hall–Kier alpha value is -5.60. The molecule has 0 spiro atoms. The number of hydrogen-bond donors (Lipinski definition) is 0. The molecule has 1 heterocycles. The van der Waals surface area contributed by atoms with E-state index in [4.69, 9.17) is 0 Å². The van der Waals surface area contributed by atoms with Gasteiger partial charge in [-0.1, -0.05) is 123 Å². The number of rotatable bonds is 8. The topological polar surface area (TPSA) is 8.17 Å². The highest BCUT2D eigenvalue weighted by Gasteiger charge is 2.23. The van der Waals surface area contributed by atoms with Gasteiger partial charge in [0.1, 0.15) is 0 Å². The van der Waals surface area contributed by atoms with Crippen LogP contribution in [0.3, 0.4) is 0 Å². The van der Waals surface area contributed by atoms with E-state index < -0.39 is 0 Å². The second kappa shape index (κ2) is 12.2. The van der Waals surface area contributed by atoms with Gasteiger partial charge in [-0.2, -0.15) is 0 Å². The van der Waals surface area contributed by atoms with Crippen LogP contribution in [0.25, 0.3) is 44.2 Å². The van der Waals surface area contributed by atoms with Crippen molar-refractivity contribution < 1.29 is 0 Å². The molecule has 1 aliphatic carbocycles. The van der Waals surface area contributed by atoms with Crippen LogP contribution in [0.2, 0.25) is 0 Å². The van der Waals surface area contributed by atoms with Gasteiger partial charge >= 0.3 is 0 Å². The molecule has 1 unspecified atom stereocenters. The summed E-state index contributed by atoms with van der Waals surface area (Å²) in [5.74, 6) is 0.386. The molecule has 5 aromatic carbocycles. The third-order valence-corrected chi connectivity index (χ3v) is 8.82. The van der Waals surface area contributed by atoms with Crippen LogP contribution in [-0.4, -0.2) is 4.57 Å². The van der Waals surface area contributed by atoms with Gasteiger partial charge in [0.15, 0.2) is 0 Å². The summed E-state index contributed by atoms with van der Waals surface area (Å²) < 4.78 is 2.36. The van der Waals surface area contributed by atoms with Gasteiger partial charge in [0.05, 0.1) is 11.0 Å². The van der Waals surface area contributed by atoms with Gasteiger partial charge in [-0.3, -0.25) is 0 Å². The predicted octanol–water partition coefficient (Wildman–Crippen LogP) is 11.5. The van der Waals surface area contributed by atoms with Crippen LogP contribution < -0.4 is 4.90 Å². The summed E-state index contributed by atoms with van der Waals surface area (Å²) in [6.07, 6.45) is 11.2. The van der Waals surface area contributed by atoms with Gasteiger partial charge in [0, 0.05) is 33.5 Å². The first-order valence-electron chi connectivity index (χ1n) is 15.6. The molecule has 1 aliphatic rings. The minimum absolute atomic E-state index is 0.386. The molecule has 1 aromatic heterocycles. The van der Waals surface area contributed by atoms with Crippen molar-refractivity contribution in [2.75, 3.05) is 4.90 Å². The summed E-state index contributed by atoms with van der Waals surface area (Å²) in [4.78, 5) is 2.30. The molecule has 45 heavy (non-hydrogen) atoms. The smallest absolute Gasteiger partial charge is 0.0541 e. The van der Waals surface area contributed by atoms with Crippen molar-refractivity contribution >= 4 is 33.1 Å². The fourth-order valence-electron chi connectivity index (χ4n) is 6.66. The van der Waals surface area contributed by atoms with Crippen molar-refractivity contribution in [1.29, 1.82) is 0 Å². The third kappa shape index (κ3) is 5.25. The first-order valence-corrected chi connectivity index (χ1v) is 15.6. The standard InChI is InChI=1S/C43H36N2/c1-4-13-35(5-2)44(38-28-29-39(31(3)30-38)34-14-7-6-8-15-34)36-24-20-32(21-25-36)33-22-26-37(27-23-33)45-42-18-11-9-16-40(42)41-17-10-12-19-43(41)45/h4-29,31H,1-2,30H2,3H3/b35-13+. The molecule has 7 rings (SSSR count). The molecule has 6 aromatic rings. The van der Waals surface area contributed by atoms with Gasteiger partial charge in [0.2, 0.25) is 0 Å². The van der Waals surface area contributed by atoms with E-state index >= 15 is 0 Å². The van der Waals surface area contributed by atoms with Gasteiger partial charge in [-0.05, 0) is 89.2 Å². The van der Waals surface area contributed by atoms with Crippen molar-refractivity contribution in [2.24, 2.45) is 5.92 Å². The highest BCUT2D eigenvalue weighted by Crippen LogP contribution is 2.38. The normalized spacial score (nSPS) is 15.0. The molecule has 0 saturated carbocycles. The van der Waals surface area contributed by atoms with Crippen molar-refractivity contribution in [3.63, 3.8) is 0 Å². The Labute approximate surface area is 265 Å². The average molecular weight is 581 g/mol. The van der Waals surface area contributed by atoms with Crippen LogP contribution in [0.5, 0.6) is 0 Å². The summed E-state index contributed by atoms with van der Waals surface area (Å²) in [7, 11) is 0. The monoisotopic (exact) mass is 580 g/mol. The van der Waals surface area contributed by atoms with Crippen LogP contribution in [-0.2, 0) is 0 Å². The maximum Gasteiger partial charge on any atom is 0.0541 e. The molecule has 0 bridgehead atoms. The molecule has 0 N–H and O–H groups in total. The lowest BCUT2D eigenvalue weighted by molar-refractivity contribution is 0.711. The van der Waals surface area contributed by atoms with E-state index in [1.165, 1.54) is 49.8 Å². The number of anilines is 1. The van der Waals surface area contributed by atoms with E-state index in [0.29, 0.717) is 5.92 Å². The second-order valence-electron chi connectivity index (χ2n) is 11.6. The molecule has 0 aliphatic heterocycles. The van der Waals surface area contributed by atoms with Gasteiger partial charge < -0.3 is 9.47 Å². The highest BCUT2D eigenvalue weighted by molar-refractivity contribution is 6.09. The first-order chi connectivity index (χ1) is 22.2. The summed E-state index contributed by atoms with van der Waals surface area (Å²) in [5, 5.41) is 2.55. The van der Waals surface area contributed by atoms with Gasteiger partial charge in [0.25, 0.3) is 0 Å². The van der Waals surface area contributed by atoms with E-state index in [9.17, 15) is 0 Å². The molecule has 0 saturated heterocycles. The average Bonchev–Trinajstić information content (AvgIpc) is 3.43. The quantitative estimate of drug-likeness (QED) is 0.163. The summed E-state index contributed by atoms with van der Waals surface area (Å²) in [6, 6.07) is 45.7. The SMILES string of the molecule is C=C/C=C(\C=C)N(C1=CC=C(c2ccccc2)C(C)C1)c1ccc(-c2ccc(-n3c4ccccc4c4ccccc43)cc2)cc1. The van der Waals surface area contributed by atoms with Gasteiger partial charge in [-0.15, -0.1) is 0 Å². The maximum absolute atomic E-state index is 4.13. The lowest BCUT2D eigenvalue weighted by atomic mass is 9.86. The van der Waals surface area contributed by atoms with E-state index in [2.05, 4.69) is 169 Å². The highest BCUT2D eigenvalue weighted by atomic mass is 15.2. The Balaban J connectivity index is 1.21. The summed E-state index contributed by atoms with van der Waals surface area (Å²) in [5.41, 5.74) is 12.0. The minimum Gasteiger partial charge on any atom is -0.314 e. The van der Waals surface area contributed by atoms with Gasteiger partial charge in [-0.25, -0.2) is 0 Å². The Bertz CT molecular complexity index is 2050. The minimum atomic E-state index is 0.386. The number of hydrogen-bond acceptors (Lipinski definition) is 1. The van der Waals surface area contributed by atoms with Crippen molar-refractivity contribution in [3.05, 3.63) is 188 Å². The van der Waals surface area contributed by atoms with Crippen LogP contribution in [0.1, 0.15) is 18.9 Å². The fourth-order valence-corrected chi connectivity index (χ4v) is 6.66. The fraction of sp³-hybridized carbons (Fsp3) is 0.0698. The predicted molar refractivity (Wildman–Crippen MR) is 193 cm³/mol. The Morgan fingerprint density at radius 2 is 1.24 bits per heavy atom. The van der Waals surface area contributed by atoms with Crippen molar-refractivity contribution in [2.45, 2.75) is 13.3 Å². The largest absolute Gasteiger partial charge is 0.314 e. The number of allylic oxidation sites excluding steroid dienone is 7. The molecule has 0 radical (unpaired) electrons. The molecule has 2 nitrogen and oxygen atoms in total. The molecular weight excluding hydrogens is 544 g/mol. The molecule has 0 fully saturated rings. The van der Waals surface area contributed by atoms with E-state index in [1.54, 1.807) is 0 Å². The van der Waals surface area contributed by atoms with E-state index in [-0.39, 0.29) is 0 Å². The lowest BCUT2D eigenvalue weighted by Crippen LogP contribution is -2.24. The number of nitrogens with zero attached hydrogens (tertiary/aromatic N) is 2. The molecule has 0 amide bonds. The number of para-hydroxylation sites is 2. The van der Waals surface area contributed by atoms with E-state index in [1.807, 2.05) is 18.2 Å². The zero-order valence-electron chi connectivity index (χ0n) is 25.6. The third-order valence-electron chi connectivity index (χ3n) is 8.82. The van der Waals surface area contributed by atoms with Crippen LogP contribution >= 0.6 is 0 Å². The molecule has 1 atom stereocenters. The van der Waals surface area contributed by atoms with Crippen LogP contribution in [0, 0.1) is 5.92 Å². The van der Waals surface area contributed by atoms with Crippen LogP contribution in [0.15, 0.2) is 182 Å². The lowest BCUT2D eigenvalue weighted by Gasteiger charge is -2.33. The van der Waals surface area contributed by atoms with Crippen molar-refractivity contribution in [1.82, 2.24) is 4.57 Å². The number of fused-ring (bicyclic) bond motifs is 3. The first kappa shape index (κ1) is 28.2. The molecular formula is C43H36N2.